The fourth-order valence-corrected chi connectivity index (χ4v) is 3.83. The molecule has 0 spiro atoms. The molecule has 0 aromatic heterocycles. The molecular formula is C23H21Br. The van der Waals surface area contributed by atoms with Gasteiger partial charge in [0.25, 0.3) is 0 Å². The van der Waals surface area contributed by atoms with E-state index in [0.717, 1.165) is 0 Å². The first-order chi connectivity index (χ1) is 11.8. The van der Waals surface area contributed by atoms with E-state index >= 15 is 0 Å². The molecule has 0 bridgehead atoms. The fraction of sp³-hybridized carbons (Fsp3) is 0.130. The van der Waals surface area contributed by atoms with Crippen molar-refractivity contribution in [3.63, 3.8) is 0 Å². The van der Waals surface area contributed by atoms with Crippen molar-refractivity contribution < 1.29 is 0 Å². The smallest absolute Gasteiger partial charge is 0.0332 e. The molecule has 0 radical (unpaired) electrons. The van der Waals surface area contributed by atoms with Crippen LogP contribution in [0.1, 0.15) is 19.4 Å². The van der Waals surface area contributed by atoms with E-state index in [9.17, 15) is 0 Å². The van der Waals surface area contributed by atoms with Crippen LogP contribution in [0, 0.1) is 6.92 Å². The molecule has 0 atom stereocenters. The summed E-state index contributed by atoms with van der Waals surface area (Å²) < 4.78 is 1.18. The van der Waals surface area contributed by atoms with Crippen LogP contribution in [0.4, 0.5) is 0 Å². The standard InChI is InChI=1S/C21H15Br.C2H6/c1-14-11-12-17-19(13-14)21(22)18-10-6-5-9-16(18)20(17)15-7-3-2-4-8-15;1-2/h2-13H,1H3;1-2H3. The first kappa shape index (κ1) is 16.7. The van der Waals surface area contributed by atoms with E-state index in [1.54, 1.807) is 0 Å². The van der Waals surface area contributed by atoms with Crippen molar-refractivity contribution in [3.8, 4) is 11.1 Å². The molecule has 1 heteroatoms. The maximum absolute atomic E-state index is 3.82. The Kier molecular flexibility index (Phi) is 5.01. The molecule has 0 aliphatic carbocycles. The van der Waals surface area contributed by atoms with E-state index in [2.05, 4.69) is 95.7 Å². The molecule has 0 heterocycles. The Labute approximate surface area is 152 Å². The Morgan fingerprint density at radius 2 is 1.21 bits per heavy atom. The van der Waals surface area contributed by atoms with Crippen LogP contribution in [0.15, 0.2) is 77.3 Å². The highest BCUT2D eigenvalue weighted by molar-refractivity contribution is 9.10. The predicted octanol–water partition coefficient (Wildman–Crippen LogP) is 7.76. The van der Waals surface area contributed by atoms with Gasteiger partial charge in [-0.2, -0.15) is 0 Å². The third kappa shape index (κ3) is 2.85. The Bertz CT molecular complexity index is 985. The van der Waals surface area contributed by atoms with Crippen LogP contribution >= 0.6 is 15.9 Å². The molecule has 4 aromatic rings. The molecule has 0 saturated carbocycles. The maximum Gasteiger partial charge on any atom is 0.0332 e. The molecular weight excluding hydrogens is 356 g/mol. The third-order valence-corrected chi connectivity index (χ3v) is 5.03. The summed E-state index contributed by atoms with van der Waals surface area (Å²) in [5, 5.41) is 5.12. The number of hydrogen-bond donors (Lipinski definition) is 0. The van der Waals surface area contributed by atoms with E-state index in [1.165, 1.54) is 42.7 Å². The molecule has 120 valence electrons. The molecule has 0 saturated heterocycles. The van der Waals surface area contributed by atoms with E-state index in [-0.39, 0.29) is 0 Å². The number of aryl methyl sites for hydroxylation is 1. The van der Waals surface area contributed by atoms with Crippen molar-refractivity contribution >= 4 is 37.5 Å². The number of rotatable bonds is 1. The quantitative estimate of drug-likeness (QED) is 0.297. The minimum atomic E-state index is 1.18. The normalized spacial score (nSPS) is 10.5. The largest absolute Gasteiger partial charge is 0.0683 e. The van der Waals surface area contributed by atoms with Gasteiger partial charge in [-0.05, 0) is 55.5 Å². The number of benzene rings is 4. The first-order valence-corrected chi connectivity index (χ1v) is 9.21. The van der Waals surface area contributed by atoms with Gasteiger partial charge in [-0.3, -0.25) is 0 Å². The van der Waals surface area contributed by atoms with E-state index in [0.29, 0.717) is 0 Å². The van der Waals surface area contributed by atoms with Gasteiger partial charge < -0.3 is 0 Å². The average Bonchev–Trinajstić information content (AvgIpc) is 2.65. The van der Waals surface area contributed by atoms with E-state index in [1.807, 2.05) is 13.8 Å². The van der Waals surface area contributed by atoms with Crippen molar-refractivity contribution in [2.24, 2.45) is 0 Å². The second-order valence-corrected chi connectivity index (χ2v) is 6.44. The molecule has 0 nitrogen and oxygen atoms in total. The summed E-state index contributed by atoms with van der Waals surface area (Å²) in [4.78, 5) is 0. The summed E-state index contributed by atoms with van der Waals surface area (Å²) in [7, 11) is 0. The summed E-state index contributed by atoms with van der Waals surface area (Å²) >= 11 is 3.82. The predicted molar refractivity (Wildman–Crippen MR) is 111 cm³/mol. The van der Waals surface area contributed by atoms with E-state index < -0.39 is 0 Å². The lowest BCUT2D eigenvalue weighted by molar-refractivity contribution is 1.50. The van der Waals surface area contributed by atoms with Crippen LogP contribution in [0.25, 0.3) is 32.7 Å². The summed E-state index contributed by atoms with van der Waals surface area (Å²) in [6.07, 6.45) is 0. The molecule has 0 aliphatic rings. The zero-order valence-electron chi connectivity index (χ0n) is 14.3. The Hall–Kier alpha value is -2.12. The van der Waals surface area contributed by atoms with Crippen LogP contribution < -0.4 is 0 Å². The van der Waals surface area contributed by atoms with Crippen LogP contribution in [-0.2, 0) is 0 Å². The summed E-state index contributed by atoms with van der Waals surface area (Å²) in [6, 6.07) is 26.0. The zero-order valence-corrected chi connectivity index (χ0v) is 15.9. The highest BCUT2D eigenvalue weighted by atomic mass is 79.9. The number of fused-ring (bicyclic) bond motifs is 2. The van der Waals surface area contributed by atoms with Crippen molar-refractivity contribution in [1.82, 2.24) is 0 Å². The number of hydrogen-bond acceptors (Lipinski definition) is 0. The van der Waals surface area contributed by atoms with Gasteiger partial charge in [0.1, 0.15) is 0 Å². The van der Waals surface area contributed by atoms with Gasteiger partial charge in [-0.25, -0.2) is 0 Å². The SMILES string of the molecule is CC.Cc1ccc2c(-c3ccccc3)c3ccccc3c(Br)c2c1. The Morgan fingerprint density at radius 3 is 1.92 bits per heavy atom. The highest BCUT2D eigenvalue weighted by Gasteiger charge is 2.13. The highest BCUT2D eigenvalue weighted by Crippen LogP contribution is 2.41. The topological polar surface area (TPSA) is 0 Å². The monoisotopic (exact) mass is 376 g/mol. The average molecular weight is 377 g/mol. The molecule has 0 amide bonds. The maximum atomic E-state index is 3.82. The van der Waals surface area contributed by atoms with Crippen LogP contribution in [0.5, 0.6) is 0 Å². The molecule has 0 fully saturated rings. The van der Waals surface area contributed by atoms with E-state index in [4.69, 9.17) is 0 Å². The summed E-state index contributed by atoms with van der Waals surface area (Å²) in [5.41, 5.74) is 3.86. The molecule has 4 aromatic carbocycles. The lowest BCUT2D eigenvalue weighted by atomic mass is 9.91. The van der Waals surface area contributed by atoms with Crippen molar-refractivity contribution in [3.05, 3.63) is 82.8 Å². The van der Waals surface area contributed by atoms with Gasteiger partial charge in [0.2, 0.25) is 0 Å². The van der Waals surface area contributed by atoms with Crippen molar-refractivity contribution in [2.75, 3.05) is 0 Å². The van der Waals surface area contributed by atoms with Crippen molar-refractivity contribution in [2.45, 2.75) is 20.8 Å². The van der Waals surface area contributed by atoms with Gasteiger partial charge in [-0.15, -0.1) is 0 Å². The minimum absolute atomic E-state index is 1.18. The molecule has 0 unspecified atom stereocenters. The van der Waals surface area contributed by atoms with Gasteiger partial charge in [0.05, 0.1) is 0 Å². The summed E-state index contributed by atoms with van der Waals surface area (Å²) in [6.45, 7) is 6.14. The Morgan fingerprint density at radius 1 is 0.625 bits per heavy atom. The van der Waals surface area contributed by atoms with Crippen molar-refractivity contribution in [1.29, 1.82) is 0 Å². The Balaban J connectivity index is 0.000000815. The molecule has 0 aliphatic heterocycles. The van der Waals surface area contributed by atoms with Gasteiger partial charge in [0, 0.05) is 4.47 Å². The lowest BCUT2D eigenvalue weighted by Gasteiger charge is -2.14. The first-order valence-electron chi connectivity index (χ1n) is 8.42. The van der Waals surface area contributed by atoms with Gasteiger partial charge in [0.15, 0.2) is 0 Å². The minimum Gasteiger partial charge on any atom is -0.0683 e. The zero-order chi connectivity index (χ0) is 17.1. The third-order valence-electron chi connectivity index (χ3n) is 4.18. The van der Waals surface area contributed by atoms with Gasteiger partial charge >= 0.3 is 0 Å². The van der Waals surface area contributed by atoms with Crippen LogP contribution in [0.2, 0.25) is 0 Å². The second kappa shape index (κ2) is 7.19. The molecule has 24 heavy (non-hydrogen) atoms. The van der Waals surface area contributed by atoms with Crippen LogP contribution in [-0.4, -0.2) is 0 Å². The number of halogens is 1. The van der Waals surface area contributed by atoms with Gasteiger partial charge in [-0.1, -0.05) is 92.2 Å². The summed E-state index contributed by atoms with van der Waals surface area (Å²) in [5.74, 6) is 0. The molecule has 0 N–H and O–H groups in total. The lowest BCUT2D eigenvalue weighted by Crippen LogP contribution is -1.88. The molecule has 4 rings (SSSR count). The second-order valence-electron chi connectivity index (χ2n) is 5.65. The fourth-order valence-electron chi connectivity index (χ4n) is 3.16. The van der Waals surface area contributed by atoms with Crippen LogP contribution in [0.3, 0.4) is 0 Å².